The molecule has 5 heteroatoms. The van der Waals surface area contributed by atoms with Gasteiger partial charge >= 0.3 is 5.69 Å². The molecule has 1 aromatic carbocycles. The van der Waals surface area contributed by atoms with Gasteiger partial charge in [-0.15, -0.1) is 0 Å². The fourth-order valence-electron chi connectivity index (χ4n) is 2.55. The number of nitrogen functional groups attached to an aromatic ring is 1. The van der Waals surface area contributed by atoms with E-state index in [0.29, 0.717) is 11.6 Å². The Bertz CT molecular complexity index is 456. The quantitative estimate of drug-likeness (QED) is 0.467. The van der Waals surface area contributed by atoms with Gasteiger partial charge in [0.2, 0.25) is 0 Å². The Kier molecular flexibility index (Phi) is 5.80. The molecule has 112 valence electrons. The van der Waals surface area contributed by atoms with E-state index in [-0.39, 0.29) is 22.3 Å². The van der Waals surface area contributed by atoms with Gasteiger partial charge in [0.15, 0.2) is 0 Å². The Morgan fingerprint density at radius 2 is 1.90 bits per heavy atom. The van der Waals surface area contributed by atoms with Crippen LogP contribution in [-0.4, -0.2) is 17.5 Å². The largest absolute Gasteiger partial charge is 0.393 e. The van der Waals surface area contributed by atoms with Crippen LogP contribution < -0.4 is 10.6 Å². The molecule has 0 aliphatic carbocycles. The van der Waals surface area contributed by atoms with Gasteiger partial charge in [0.25, 0.3) is 0 Å². The highest BCUT2D eigenvalue weighted by molar-refractivity contribution is 5.75. The first-order chi connectivity index (χ1) is 9.42. The van der Waals surface area contributed by atoms with E-state index in [0.717, 1.165) is 19.4 Å². The van der Waals surface area contributed by atoms with Crippen LogP contribution in [0, 0.1) is 16.0 Å². The molecule has 0 saturated heterocycles. The lowest BCUT2D eigenvalue weighted by Gasteiger charge is -2.33. The van der Waals surface area contributed by atoms with E-state index in [1.165, 1.54) is 0 Å². The van der Waals surface area contributed by atoms with E-state index >= 15 is 0 Å². The van der Waals surface area contributed by atoms with Crippen molar-refractivity contribution < 1.29 is 4.92 Å². The Morgan fingerprint density at radius 1 is 1.30 bits per heavy atom. The predicted octanol–water partition coefficient (Wildman–Crippen LogP) is 3.83. The van der Waals surface area contributed by atoms with Gasteiger partial charge in [0.05, 0.1) is 4.92 Å². The number of anilines is 2. The van der Waals surface area contributed by atoms with Crippen LogP contribution in [0.25, 0.3) is 0 Å². The minimum Gasteiger partial charge on any atom is -0.393 e. The highest BCUT2D eigenvalue weighted by atomic mass is 16.6. The molecule has 0 unspecified atom stereocenters. The summed E-state index contributed by atoms with van der Waals surface area (Å²) in [4.78, 5) is 13.1. The second-order valence-electron chi connectivity index (χ2n) is 5.49. The molecule has 0 aliphatic rings. The number of hydrogen-bond acceptors (Lipinski definition) is 4. The van der Waals surface area contributed by atoms with Gasteiger partial charge in [-0.25, -0.2) is 0 Å². The Hall–Kier alpha value is -1.78. The zero-order valence-corrected chi connectivity index (χ0v) is 12.8. The summed E-state index contributed by atoms with van der Waals surface area (Å²) in [6, 6.07) is 5.46. The smallest absolute Gasteiger partial charge is 0.315 e. The third kappa shape index (κ3) is 3.62. The molecule has 0 atom stereocenters. The third-order valence-electron chi connectivity index (χ3n) is 3.48. The molecule has 20 heavy (non-hydrogen) atoms. The van der Waals surface area contributed by atoms with Gasteiger partial charge in [-0.2, -0.15) is 0 Å². The van der Waals surface area contributed by atoms with E-state index in [2.05, 4.69) is 32.6 Å². The van der Waals surface area contributed by atoms with Crippen molar-refractivity contribution in [2.45, 2.75) is 46.6 Å². The Balaban J connectivity index is 3.33. The predicted molar refractivity (Wildman–Crippen MR) is 84.1 cm³/mol. The van der Waals surface area contributed by atoms with E-state index in [1.807, 2.05) is 0 Å². The van der Waals surface area contributed by atoms with E-state index < -0.39 is 0 Å². The standard InChI is InChI=1S/C15H25N3O2/c1-5-12(6-2)17(10-11(3)4)14-9-7-8-13(16)15(14)18(19)20/h7-9,11-12H,5-6,10,16H2,1-4H3. The molecule has 0 spiro atoms. The zero-order chi connectivity index (χ0) is 15.3. The Labute approximate surface area is 120 Å². The molecule has 2 N–H and O–H groups in total. The summed E-state index contributed by atoms with van der Waals surface area (Å²) in [5.74, 6) is 0.427. The molecule has 5 nitrogen and oxygen atoms in total. The van der Waals surface area contributed by atoms with Crippen LogP contribution in [-0.2, 0) is 0 Å². The first-order valence-electron chi connectivity index (χ1n) is 7.21. The molecule has 0 saturated carbocycles. The summed E-state index contributed by atoms with van der Waals surface area (Å²) in [7, 11) is 0. The number of nitro benzene ring substituents is 1. The first kappa shape index (κ1) is 16.3. The minimum atomic E-state index is -0.375. The molecular weight excluding hydrogens is 254 g/mol. The average Bonchev–Trinajstić information content (AvgIpc) is 2.37. The normalized spacial score (nSPS) is 11.1. The van der Waals surface area contributed by atoms with Gasteiger partial charge in [-0.1, -0.05) is 33.8 Å². The molecule has 0 bridgehead atoms. The average molecular weight is 279 g/mol. The molecule has 1 rings (SSSR count). The fourth-order valence-corrected chi connectivity index (χ4v) is 2.55. The molecule has 1 aromatic rings. The molecule has 0 radical (unpaired) electrons. The first-order valence-corrected chi connectivity index (χ1v) is 7.21. The van der Waals surface area contributed by atoms with Gasteiger partial charge in [-0.05, 0) is 30.9 Å². The summed E-state index contributed by atoms with van der Waals surface area (Å²) >= 11 is 0. The SMILES string of the molecule is CCC(CC)N(CC(C)C)c1cccc(N)c1[N+](=O)[O-]. The highest BCUT2D eigenvalue weighted by Crippen LogP contribution is 2.35. The van der Waals surface area contributed by atoms with E-state index in [1.54, 1.807) is 18.2 Å². The lowest BCUT2D eigenvalue weighted by Crippen LogP contribution is -2.37. The van der Waals surface area contributed by atoms with Crippen LogP contribution in [0.2, 0.25) is 0 Å². The van der Waals surface area contributed by atoms with Crippen LogP contribution >= 0.6 is 0 Å². The maximum absolute atomic E-state index is 11.3. The van der Waals surface area contributed by atoms with Crippen LogP contribution in [0.15, 0.2) is 18.2 Å². The topological polar surface area (TPSA) is 72.4 Å². The second-order valence-corrected chi connectivity index (χ2v) is 5.49. The highest BCUT2D eigenvalue weighted by Gasteiger charge is 2.26. The maximum Gasteiger partial charge on any atom is 0.315 e. The molecule has 0 aromatic heterocycles. The van der Waals surface area contributed by atoms with Gasteiger partial charge < -0.3 is 10.6 Å². The second kappa shape index (κ2) is 7.12. The summed E-state index contributed by atoms with van der Waals surface area (Å²) in [6.45, 7) is 9.25. The summed E-state index contributed by atoms with van der Waals surface area (Å²) < 4.78 is 0. The van der Waals surface area contributed by atoms with Crippen molar-refractivity contribution in [2.75, 3.05) is 17.2 Å². The van der Waals surface area contributed by atoms with Crippen molar-refractivity contribution in [1.82, 2.24) is 0 Å². The van der Waals surface area contributed by atoms with Crippen molar-refractivity contribution in [3.05, 3.63) is 28.3 Å². The van der Waals surface area contributed by atoms with Crippen LogP contribution in [0.1, 0.15) is 40.5 Å². The molecule has 0 amide bonds. The third-order valence-corrected chi connectivity index (χ3v) is 3.48. The van der Waals surface area contributed by atoms with E-state index in [9.17, 15) is 10.1 Å². The number of nitrogens with two attached hydrogens (primary N) is 1. The molecule has 0 aliphatic heterocycles. The number of nitro groups is 1. The summed E-state index contributed by atoms with van der Waals surface area (Å²) in [5, 5.41) is 11.3. The molecular formula is C15H25N3O2. The van der Waals surface area contributed by atoms with Crippen molar-refractivity contribution in [3.63, 3.8) is 0 Å². The lowest BCUT2D eigenvalue weighted by molar-refractivity contribution is -0.383. The van der Waals surface area contributed by atoms with Crippen LogP contribution in [0.3, 0.4) is 0 Å². The van der Waals surface area contributed by atoms with Gasteiger partial charge in [0.1, 0.15) is 11.4 Å². The molecule has 0 fully saturated rings. The van der Waals surface area contributed by atoms with Crippen molar-refractivity contribution in [3.8, 4) is 0 Å². The number of rotatable bonds is 7. The lowest BCUT2D eigenvalue weighted by atomic mass is 10.0. The van der Waals surface area contributed by atoms with Gasteiger partial charge in [-0.3, -0.25) is 10.1 Å². The fraction of sp³-hybridized carbons (Fsp3) is 0.600. The summed E-state index contributed by atoms with van der Waals surface area (Å²) in [5.41, 5.74) is 6.70. The zero-order valence-electron chi connectivity index (χ0n) is 12.8. The van der Waals surface area contributed by atoms with Gasteiger partial charge in [0, 0.05) is 12.6 Å². The van der Waals surface area contributed by atoms with Crippen LogP contribution in [0.4, 0.5) is 17.1 Å². The number of benzene rings is 1. The molecule has 0 heterocycles. The van der Waals surface area contributed by atoms with Crippen molar-refractivity contribution in [2.24, 2.45) is 5.92 Å². The Morgan fingerprint density at radius 3 is 2.35 bits per heavy atom. The number of nitrogens with zero attached hydrogens (tertiary/aromatic N) is 2. The van der Waals surface area contributed by atoms with Crippen LogP contribution in [0.5, 0.6) is 0 Å². The number of hydrogen-bond donors (Lipinski definition) is 1. The number of para-hydroxylation sites is 1. The van der Waals surface area contributed by atoms with Crippen molar-refractivity contribution in [1.29, 1.82) is 0 Å². The maximum atomic E-state index is 11.3. The summed E-state index contributed by atoms with van der Waals surface area (Å²) in [6.07, 6.45) is 1.91. The minimum absolute atomic E-state index is 0.0278. The monoisotopic (exact) mass is 279 g/mol. The van der Waals surface area contributed by atoms with E-state index in [4.69, 9.17) is 5.73 Å². The van der Waals surface area contributed by atoms with Crippen molar-refractivity contribution >= 4 is 17.1 Å².